The van der Waals surface area contributed by atoms with Crippen molar-refractivity contribution in [1.29, 1.82) is 0 Å². The van der Waals surface area contributed by atoms with Crippen LogP contribution in [0, 0.1) is 17.3 Å². The smallest absolute Gasteiger partial charge is 0.00672 e. The molecule has 2 heteroatoms. The lowest BCUT2D eigenvalue weighted by Crippen LogP contribution is -2.37. The van der Waals surface area contributed by atoms with Crippen LogP contribution in [0.25, 0.3) is 0 Å². The van der Waals surface area contributed by atoms with Crippen molar-refractivity contribution in [3.05, 3.63) is 0 Å². The Labute approximate surface area is 114 Å². The van der Waals surface area contributed by atoms with E-state index in [4.69, 9.17) is 5.73 Å². The van der Waals surface area contributed by atoms with Crippen LogP contribution in [0.4, 0.5) is 0 Å². The minimum atomic E-state index is 0.393. The van der Waals surface area contributed by atoms with Crippen LogP contribution in [-0.2, 0) is 0 Å². The second-order valence-electron chi connectivity index (χ2n) is 7.59. The predicted molar refractivity (Wildman–Crippen MR) is 80.7 cm³/mol. The molecule has 1 aliphatic carbocycles. The van der Waals surface area contributed by atoms with E-state index >= 15 is 0 Å². The Bertz CT molecular complexity index is 220. The van der Waals surface area contributed by atoms with E-state index in [9.17, 15) is 0 Å². The maximum Gasteiger partial charge on any atom is 0.00672 e. The van der Waals surface area contributed by atoms with Crippen LogP contribution in [0.3, 0.4) is 0 Å². The minimum Gasteiger partial charge on any atom is -0.330 e. The molecule has 108 valence electrons. The Balaban J connectivity index is 2.29. The van der Waals surface area contributed by atoms with Crippen molar-refractivity contribution in [3.8, 4) is 0 Å². The van der Waals surface area contributed by atoms with Gasteiger partial charge in [0.2, 0.25) is 0 Å². The average Bonchev–Trinajstić information content (AvgIpc) is 2.48. The highest BCUT2D eigenvalue weighted by Crippen LogP contribution is 2.25. The SMILES string of the molecule is CC1CCCC(NCC(CN)CC(C)(C)C)CC1. The van der Waals surface area contributed by atoms with Crippen molar-refractivity contribution in [2.24, 2.45) is 23.0 Å². The summed E-state index contributed by atoms with van der Waals surface area (Å²) in [5.74, 6) is 1.56. The van der Waals surface area contributed by atoms with E-state index in [1.807, 2.05) is 0 Å². The molecular weight excluding hydrogens is 220 g/mol. The van der Waals surface area contributed by atoms with Gasteiger partial charge in [-0.1, -0.05) is 40.5 Å². The maximum absolute atomic E-state index is 5.91. The molecule has 3 N–H and O–H groups in total. The van der Waals surface area contributed by atoms with Crippen LogP contribution in [0.5, 0.6) is 0 Å². The highest BCUT2D eigenvalue weighted by atomic mass is 14.9. The van der Waals surface area contributed by atoms with E-state index in [0.717, 1.165) is 25.0 Å². The van der Waals surface area contributed by atoms with Crippen LogP contribution >= 0.6 is 0 Å². The van der Waals surface area contributed by atoms with E-state index in [1.165, 1.54) is 38.5 Å². The summed E-state index contributed by atoms with van der Waals surface area (Å²) >= 11 is 0. The van der Waals surface area contributed by atoms with E-state index < -0.39 is 0 Å². The monoisotopic (exact) mass is 254 g/mol. The van der Waals surface area contributed by atoms with Crippen molar-refractivity contribution in [1.82, 2.24) is 5.32 Å². The number of rotatable bonds is 5. The van der Waals surface area contributed by atoms with Crippen LogP contribution in [0.1, 0.15) is 66.2 Å². The normalized spacial score (nSPS) is 27.8. The van der Waals surface area contributed by atoms with Gasteiger partial charge in [0.15, 0.2) is 0 Å². The lowest BCUT2D eigenvalue weighted by atomic mass is 9.84. The first kappa shape index (κ1) is 16.0. The summed E-state index contributed by atoms with van der Waals surface area (Å²) in [6, 6.07) is 0.740. The quantitative estimate of drug-likeness (QED) is 0.736. The van der Waals surface area contributed by atoms with E-state index in [0.29, 0.717) is 11.3 Å². The largest absolute Gasteiger partial charge is 0.330 e. The summed E-state index contributed by atoms with van der Waals surface area (Å²) in [5.41, 5.74) is 6.30. The minimum absolute atomic E-state index is 0.393. The first-order valence-corrected chi connectivity index (χ1v) is 7.84. The topological polar surface area (TPSA) is 38.0 Å². The van der Waals surface area contributed by atoms with Crippen molar-refractivity contribution >= 4 is 0 Å². The molecule has 0 aromatic carbocycles. The standard InChI is InChI=1S/C16H34N2/c1-13-6-5-7-15(9-8-13)18-12-14(11-17)10-16(2,3)4/h13-15,18H,5-12,17H2,1-4H3. The molecule has 1 aliphatic rings. The van der Waals surface area contributed by atoms with Crippen molar-refractivity contribution in [2.75, 3.05) is 13.1 Å². The molecule has 3 unspecified atom stereocenters. The number of hydrogen-bond acceptors (Lipinski definition) is 2. The first-order valence-electron chi connectivity index (χ1n) is 7.84. The Morgan fingerprint density at radius 2 is 1.89 bits per heavy atom. The molecular formula is C16H34N2. The highest BCUT2D eigenvalue weighted by Gasteiger charge is 2.20. The van der Waals surface area contributed by atoms with Gasteiger partial charge < -0.3 is 11.1 Å². The summed E-state index contributed by atoms with van der Waals surface area (Å²) in [6.45, 7) is 11.2. The number of hydrogen-bond donors (Lipinski definition) is 2. The summed E-state index contributed by atoms with van der Waals surface area (Å²) in [4.78, 5) is 0. The zero-order valence-electron chi connectivity index (χ0n) is 13.0. The predicted octanol–water partition coefficient (Wildman–Crippen LogP) is 3.56. The Kier molecular flexibility index (Phi) is 6.65. The average molecular weight is 254 g/mol. The van der Waals surface area contributed by atoms with E-state index in [1.54, 1.807) is 0 Å². The van der Waals surface area contributed by atoms with Crippen molar-refractivity contribution < 1.29 is 0 Å². The fourth-order valence-electron chi connectivity index (χ4n) is 3.13. The molecule has 0 amide bonds. The van der Waals surface area contributed by atoms with Gasteiger partial charge in [0.05, 0.1) is 0 Å². The molecule has 0 aliphatic heterocycles. The fourth-order valence-corrected chi connectivity index (χ4v) is 3.13. The third-order valence-corrected chi connectivity index (χ3v) is 4.19. The van der Waals surface area contributed by atoms with Gasteiger partial charge in [0.1, 0.15) is 0 Å². The van der Waals surface area contributed by atoms with Gasteiger partial charge in [0, 0.05) is 6.04 Å². The maximum atomic E-state index is 5.91. The summed E-state index contributed by atoms with van der Waals surface area (Å²) in [5, 5.41) is 3.78. The van der Waals surface area contributed by atoms with Gasteiger partial charge in [-0.15, -0.1) is 0 Å². The molecule has 0 aromatic heterocycles. The lowest BCUT2D eigenvalue weighted by molar-refractivity contribution is 0.279. The Hall–Kier alpha value is -0.0800. The summed E-state index contributed by atoms with van der Waals surface area (Å²) < 4.78 is 0. The van der Waals surface area contributed by atoms with Gasteiger partial charge >= 0.3 is 0 Å². The second kappa shape index (κ2) is 7.49. The molecule has 0 radical (unpaired) electrons. The molecule has 3 atom stereocenters. The van der Waals surface area contributed by atoms with Crippen molar-refractivity contribution in [2.45, 2.75) is 72.3 Å². The lowest BCUT2D eigenvalue weighted by Gasteiger charge is -2.27. The van der Waals surface area contributed by atoms with Crippen molar-refractivity contribution in [3.63, 3.8) is 0 Å². The first-order chi connectivity index (χ1) is 8.40. The molecule has 0 heterocycles. The van der Waals surface area contributed by atoms with Crippen LogP contribution in [0.15, 0.2) is 0 Å². The van der Waals surface area contributed by atoms with Gasteiger partial charge in [-0.3, -0.25) is 0 Å². The Morgan fingerprint density at radius 1 is 1.17 bits per heavy atom. The number of nitrogens with one attached hydrogen (secondary N) is 1. The third-order valence-electron chi connectivity index (χ3n) is 4.19. The molecule has 2 nitrogen and oxygen atoms in total. The zero-order valence-corrected chi connectivity index (χ0v) is 13.0. The second-order valence-corrected chi connectivity index (χ2v) is 7.59. The Morgan fingerprint density at radius 3 is 2.50 bits per heavy atom. The van der Waals surface area contributed by atoms with Crippen LogP contribution in [0.2, 0.25) is 0 Å². The molecule has 0 spiro atoms. The fraction of sp³-hybridized carbons (Fsp3) is 1.00. The number of nitrogens with two attached hydrogens (primary N) is 1. The summed E-state index contributed by atoms with van der Waals surface area (Å²) in [7, 11) is 0. The zero-order chi connectivity index (χ0) is 13.6. The molecule has 0 saturated heterocycles. The molecule has 1 saturated carbocycles. The van der Waals surface area contributed by atoms with Crippen LogP contribution in [-0.4, -0.2) is 19.1 Å². The third kappa shape index (κ3) is 6.75. The van der Waals surface area contributed by atoms with Crippen LogP contribution < -0.4 is 11.1 Å². The van der Waals surface area contributed by atoms with Gasteiger partial charge in [0.25, 0.3) is 0 Å². The molecule has 18 heavy (non-hydrogen) atoms. The molecule has 1 rings (SSSR count). The van der Waals surface area contributed by atoms with E-state index in [-0.39, 0.29) is 0 Å². The highest BCUT2D eigenvalue weighted by molar-refractivity contribution is 4.77. The summed E-state index contributed by atoms with van der Waals surface area (Å²) in [6.07, 6.45) is 8.14. The van der Waals surface area contributed by atoms with Gasteiger partial charge in [-0.2, -0.15) is 0 Å². The molecule has 0 aromatic rings. The van der Waals surface area contributed by atoms with Gasteiger partial charge in [-0.25, -0.2) is 0 Å². The molecule has 0 bridgehead atoms. The van der Waals surface area contributed by atoms with Gasteiger partial charge in [-0.05, 0) is 56.0 Å². The van der Waals surface area contributed by atoms with E-state index in [2.05, 4.69) is 33.0 Å². The molecule has 1 fully saturated rings.